The van der Waals surface area contributed by atoms with E-state index in [2.05, 4.69) is 16.0 Å². The summed E-state index contributed by atoms with van der Waals surface area (Å²) in [6.45, 7) is 0. The minimum Gasteiger partial charge on any atom is -0.362 e. The van der Waals surface area contributed by atoms with Crippen molar-refractivity contribution in [3.8, 4) is 0 Å². The van der Waals surface area contributed by atoms with E-state index in [4.69, 9.17) is 0 Å². The molecule has 2 heterocycles. The lowest BCUT2D eigenvalue weighted by molar-refractivity contribution is 1.06. The summed E-state index contributed by atoms with van der Waals surface area (Å²) in [5.41, 5.74) is 0. The molecule has 0 saturated carbocycles. The fourth-order valence-electron chi connectivity index (χ4n) is 1.13. The SMILES string of the molecule is CN(C)c1ncnc2sccc12. The molecular weight excluding hydrogens is 170 g/mol. The first kappa shape index (κ1) is 7.49. The molecule has 0 aliphatic carbocycles. The highest BCUT2D eigenvalue weighted by molar-refractivity contribution is 7.16. The quantitative estimate of drug-likeness (QED) is 0.668. The molecule has 0 N–H and O–H groups in total. The smallest absolute Gasteiger partial charge is 0.140 e. The van der Waals surface area contributed by atoms with Crippen LogP contribution in [0.4, 0.5) is 5.82 Å². The molecule has 0 amide bonds. The third kappa shape index (κ3) is 1.04. The lowest BCUT2D eigenvalue weighted by Crippen LogP contribution is -2.10. The number of rotatable bonds is 1. The van der Waals surface area contributed by atoms with E-state index in [9.17, 15) is 0 Å². The molecule has 4 heteroatoms. The van der Waals surface area contributed by atoms with Gasteiger partial charge in [0.2, 0.25) is 0 Å². The second kappa shape index (κ2) is 2.71. The van der Waals surface area contributed by atoms with Gasteiger partial charge in [0.05, 0.1) is 5.39 Å². The van der Waals surface area contributed by atoms with Gasteiger partial charge in [-0.15, -0.1) is 11.3 Å². The van der Waals surface area contributed by atoms with Gasteiger partial charge in [-0.05, 0) is 11.4 Å². The van der Waals surface area contributed by atoms with Crippen LogP contribution >= 0.6 is 11.3 Å². The van der Waals surface area contributed by atoms with Crippen LogP contribution in [0.2, 0.25) is 0 Å². The van der Waals surface area contributed by atoms with Crippen molar-refractivity contribution in [2.75, 3.05) is 19.0 Å². The molecule has 62 valence electrons. The Morgan fingerprint density at radius 1 is 1.33 bits per heavy atom. The van der Waals surface area contributed by atoms with E-state index in [-0.39, 0.29) is 0 Å². The summed E-state index contributed by atoms with van der Waals surface area (Å²) in [4.78, 5) is 11.4. The number of fused-ring (bicyclic) bond motifs is 1. The van der Waals surface area contributed by atoms with E-state index in [1.807, 2.05) is 24.4 Å². The van der Waals surface area contributed by atoms with Crippen molar-refractivity contribution in [2.24, 2.45) is 0 Å². The number of thiophene rings is 1. The van der Waals surface area contributed by atoms with Gasteiger partial charge < -0.3 is 4.90 Å². The molecular formula is C8H9N3S. The molecule has 0 aliphatic heterocycles. The zero-order valence-electron chi connectivity index (χ0n) is 6.98. The first-order valence-corrected chi connectivity index (χ1v) is 4.52. The molecule has 0 atom stereocenters. The van der Waals surface area contributed by atoms with Gasteiger partial charge >= 0.3 is 0 Å². The van der Waals surface area contributed by atoms with Crippen molar-refractivity contribution < 1.29 is 0 Å². The predicted molar refractivity (Wildman–Crippen MR) is 51.7 cm³/mol. The fraction of sp³-hybridized carbons (Fsp3) is 0.250. The van der Waals surface area contributed by atoms with Crippen molar-refractivity contribution >= 4 is 27.4 Å². The van der Waals surface area contributed by atoms with E-state index in [1.54, 1.807) is 17.7 Å². The third-order valence-corrected chi connectivity index (χ3v) is 2.49. The molecule has 2 aromatic rings. The van der Waals surface area contributed by atoms with E-state index in [0.717, 1.165) is 16.0 Å². The molecule has 0 bridgehead atoms. The highest BCUT2D eigenvalue weighted by Crippen LogP contribution is 2.24. The highest BCUT2D eigenvalue weighted by Gasteiger charge is 2.04. The van der Waals surface area contributed by atoms with Crippen LogP contribution in [0.25, 0.3) is 10.2 Å². The Labute approximate surface area is 74.7 Å². The molecule has 2 rings (SSSR count). The van der Waals surface area contributed by atoms with Crippen molar-refractivity contribution in [2.45, 2.75) is 0 Å². The van der Waals surface area contributed by atoms with Gasteiger partial charge in [-0.25, -0.2) is 9.97 Å². The molecule has 3 nitrogen and oxygen atoms in total. The van der Waals surface area contributed by atoms with Crippen molar-refractivity contribution in [1.82, 2.24) is 9.97 Å². The van der Waals surface area contributed by atoms with Gasteiger partial charge in [0.15, 0.2) is 0 Å². The lowest BCUT2D eigenvalue weighted by atomic mass is 10.4. The van der Waals surface area contributed by atoms with Crippen LogP contribution in [-0.4, -0.2) is 24.1 Å². The second-order valence-corrected chi connectivity index (χ2v) is 3.63. The number of anilines is 1. The van der Waals surface area contributed by atoms with Crippen LogP contribution in [0.1, 0.15) is 0 Å². The van der Waals surface area contributed by atoms with Gasteiger partial charge in [0.25, 0.3) is 0 Å². The maximum absolute atomic E-state index is 4.20. The van der Waals surface area contributed by atoms with Crippen molar-refractivity contribution in [3.05, 3.63) is 17.8 Å². The van der Waals surface area contributed by atoms with Crippen LogP contribution in [0.3, 0.4) is 0 Å². The molecule has 0 aromatic carbocycles. The molecule has 0 radical (unpaired) electrons. The van der Waals surface area contributed by atoms with Gasteiger partial charge in [-0.3, -0.25) is 0 Å². The summed E-state index contributed by atoms with van der Waals surface area (Å²) in [5.74, 6) is 0.987. The van der Waals surface area contributed by atoms with E-state index in [1.165, 1.54) is 0 Å². The fourth-order valence-corrected chi connectivity index (χ4v) is 1.86. The number of nitrogens with zero attached hydrogens (tertiary/aromatic N) is 3. The Balaban J connectivity index is 2.73. The summed E-state index contributed by atoms with van der Waals surface area (Å²) in [6, 6.07) is 2.05. The number of aromatic nitrogens is 2. The van der Waals surface area contributed by atoms with Gasteiger partial charge in [-0.1, -0.05) is 0 Å². The number of hydrogen-bond acceptors (Lipinski definition) is 4. The standard InChI is InChI=1S/C8H9N3S/c1-11(2)7-6-3-4-12-8(6)10-5-9-7/h3-5H,1-2H3. The molecule has 0 saturated heterocycles. The maximum atomic E-state index is 4.20. The largest absolute Gasteiger partial charge is 0.362 e. The summed E-state index contributed by atoms with van der Waals surface area (Å²) >= 11 is 1.64. The summed E-state index contributed by atoms with van der Waals surface area (Å²) < 4.78 is 0. The Hall–Kier alpha value is -1.16. The van der Waals surface area contributed by atoms with Gasteiger partial charge in [-0.2, -0.15) is 0 Å². The van der Waals surface area contributed by atoms with E-state index in [0.29, 0.717) is 0 Å². The minimum atomic E-state index is 0.987. The van der Waals surface area contributed by atoms with Crippen LogP contribution in [0.5, 0.6) is 0 Å². The normalized spacial score (nSPS) is 10.5. The Morgan fingerprint density at radius 2 is 2.17 bits per heavy atom. The molecule has 0 unspecified atom stereocenters. The topological polar surface area (TPSA) is 29.0 Å². The van der Waals surface area contributed by atoms with Gasteiger partial charge in [0.1, 0.15) is 17.0 Å². The average molecular weight is 179 g/mol. The van der Waals surface area contributed by atoms with Gasteiger partial charge in [0, 0.05) is 14.1 Å². The van der Waals surface area contributed by atoms with E-state index < -0.39 is 0 Å². The molecule has 2 aromatic heterocycles. The second-order valence-electron chi connectivity index (χ2n) is 2.73. The molecule has 0 aliphatic rings. The van der Waals surface area contributed by atoms with Crippen LogP contribution < -0.4 is 4.90 Å². The first-order chi connectivity index (χ1) is 5.79. The Morgan fingerprint density at radius 3 is 2.92 bits per heavy atom. The molecule has 0 fully saturated rings. The minimum absolute atomic E-state index is 0.987. The van der Waals surface area contributed by atoms with Crippen molar-refractivity contribution in [1.29, 1.82) is 0 Å². The highest BCUT2D eigenvalue weighted by atomic mass is 32.1. The monoisotopic (exact) mass is 179 g/mol. The molecule has 12 heavy (non-hydrogen) atoms. The van der Waals surface area contributed by atoms with Crippen LogP contribution in [0, 0.1) is 0 Å². The Kier molecular flexibility index (Phi) is 1.69. The number of hydrogen-bond donors (Lipinski definition) is 0. The molecule has 0 spiro atoms. The van der Waals surface area contributed by atoms with E-state index >= 15 is 0 Å². The lowest BCUT2D eigenvalue weighted by Gasteiger charge is -2.10. The zero-order chi connectivity index (χ0) is 8.55. The first-order valence-electron chi connectivity index (χ1n) is 3.64. The average Bonchev–Trinajstić information content (AvgIpc) is 2.49. The summed E-state index contributed by atoms with van der Waals surface area (Å²) in [6.07, 6.45) is 1.61. The summed E-state index contributed by atoms with van der Waals surface area (Å²) in [7, 11) is 3.97. The van der Waals surface area contributed by atoms with Crippen molar-refractivity contribution in [3.63, 3.8) is 0 Å². The summed E-state index contributed by atoms with van der Waals surface area (Å²) in [5, 5.41) is 3.17. The third-order valence-electron chi connectivity index (χ3n) is 1.66. The Bertz CT molecular complexity index is 394. The maximum Gasteiger partial charge on any atom is 0.140 e. The van der Waals surface area contributed by atoms with Crippen LogP contribution in [0.15, 0.2) is 17.8 Å². The van der Waals surface area contributed by atoms with Crippen LogP contribution in [-0.2, 0) is 0 Å². The predicted octanol–water partition coefficient (Wildman–Crippen LogP) is 1.76. The zero-order valence-corrected chi connectivity index (χ0v) is 7.80.